The van der Waals surface area contributed by atoms with E-state index in [9.17, 15) is 8.42 Å². The maximum absolute atomic E-state index is 12.8. The van der Waals surface area contributed by atoms with Crippen molar-refractivity contribution in [2.75, 3.05) is 7.11 Å². The zero-order valence-corrected chi connectivity index (χ0v) is 16.4. The van der Waals surface area contributed by atoms with E-state index in [1.54, 1.807) is 30.5 Å². The maximum atomic E-state index is 12.8. The molecule has 2 aromatic carbocycles. The molecule has 0 fully saturated rings. The van der Waals surface area contributed by atoms with Gasteiger partial charge < -0.3 is 8.92 Å². The Bertz CT molecular complexity index is 1070. The molecule has 1 heterocycles. The Hall–Kier alpha value is -1.83. The van der Waals surface area contributed by atoms with Crippen molar-refractivity contribution in [2.24, 2.45) is 0 Å². The minimum absolute atomic E-state index is 0.0773. The van der Waals surface area contributed by atoms with Crippen LogP contribution in [-0.2, 0) is 10.1 Å². The predicted octanol–water partition coefficient (Wildman–Crippen LogP) is 4.74. The summed E-state index contributed by atoms with van der Waals surface area (Å²) >= 11 is 9.46. The molecule has 1 aromatic heterocycles. The number of benzene rings is 2. The molecule has 0 atom stereocenters. The van der Waals surface area contributed by atoms with Crippen LogP contribution in [0.4, 0.5) is 0 Å². The highest BCUT2D eigenvalue weighted by atomic mass is 79.9. The van der Waals surface area contributed by atoms with Crippen LogP contribution in [0, 0.1) is 6.92 Å². The first-order chi connectivity index (χ1) is 11.8. The number of ether oxygens (including phenoxy) is 1. The molecule has 0 spiro atoms. The van der Waals surface area contributed by atoms with Gasteiger partial charge in [-0.25, -0.2) is 0 Å². The number of nitrogens with zero attached hydrogens (tertiary/aromatic N) is 1. The number of aromatic nitrogens is 1. The van der Waals surface area contributed by atoms with Gasteiger partial charge in [-0.1, -0.05) is 27.5 Å². The normalized spacial score (nSPS) is 11.5. The Labute approximate surface area is 158 Å². The van der Waals surface area contributed by atoms with Crippen LogP contribution >= 0.6 is 27.5 Å². The number of hydrogen-bond donors (Lipinski definition) is 0. The SMILES string of the molecule is COc1cc(C)c(Br)cc1S(=O)(=O)Oc1ccc(Cl)c2cccnc12. The van der Waals surface area contributed by atoms with Crippen molar-refractivity contribution < 1.29 is 17.3 Å². The average Bonchev–Trinajstić information content (AvgIpc) is 2.59. The zero-order valence-electron chi connectivity index (χ0n) is 13.3. The molecule has 0 saturated heterocycles. The molecule has 0 aliphatic carbocycles. The van der Waals surface area contributed by atoms with Crippen molar-refractivity contribution in [3.05, 3.63) is 57.7 Å². The number of fused-ring (bicyclic) bond motifs is 1. The number of pyridine rings is 1. The summed E-state index contributed by atoms with van der Waals surface area (Å²) in [5, 5.41) is 1.07. The third kappa shape index (κ3) is 3.44. The lowest BCUT2D eigenvalue weighted by Gasteiger charge is -2.13. The van der Waals surface area contributed by atoms with Gasteiger partial charge in [-0.3, -0.25) is 4.98 Å². The smallest absolute Gasteiger partial charge is 0.343 e. The van der Waals surface area contributed by atoms with Crippen LogP contribution in [-0.4, -0.2) is 20.5 Å². The van der Waals surface area contributed by atoms with Crippen LogP contribution in [0.25, 0.3) is 10.9 Å². The molecular formula is C17H13BrClNO4S. The van der Waals surface area contributed by atoms with E-state index in [1.165, 1.54) is 19.2 Å². The molecule has 3 rings (SSSR count). The van der Waals surface area contributed by atoms with Gasteiger partial charge in [-0.05, 0) is 48.9 Å². The first-order valence-electron chi connectivity index (χ1n) is 7.15. The van der Waals surface area contributed by atoms with E-state index in [0.29, 0.717) is 20.4 Å². The standard InChI is InChI=1S/C17H13BrClNO4S/c1-10-8-15(23-2)16(9-12(10)18)25(21,22)24-14-6-5-13(19)11-4-3-7-20-17(11)14/h3-9H,1-2H3. The van der Waals surface area contributed by atoms with E-state index < -0.39 is 10.1 Å². The number of methoxy groups -OCH3 is 1. The molecule has 0 amide bonds. The largest absolute Gasteiger partial charge is 0.495 e. The van der Waals surface area contributed by atoms with Gasteiger partial charge in [0.1, 0.15) is 16.2 Å². The van der Waals surface area contributed by atoms with Crippen molar-refractivity contribution >= 4 is 48.6 Å². The fourth-order valence-electron chi connectivity index (χ4n) is 2.33. The highest BCUT2D eigenvalue weighted by Gasteiger charge is 2.24. The number of hydrogen-bond acceptors (Lipinski definition) is 5. The van der Waals surface area contributed by atoms with E-state index in [0.717, 1.165) is 5.56 Å². The van der Waals surface area contributed by atoms with E-state index in [4.69, 9.17) is 20.5 Å². The van der Waals surface area contributed by atoms with Gasteiger partial charge in [-0.15, -0.1) is 0 Å². The summed E-state index contributed by atoms with van der Waals surface area (Å²) in [5.74, 6) is 0.297. The lowest BCUT2D eigenvalue weighted by Crippen LogP contribution is -2.12. The molecule has 5 nitrogen and oxygen atoms in total. The Balaban J connectivity index is 2.13. The van der Waals surface area contributed by atoms with Crippen molar-refractivity contribution in [3.8, 4) is 11.5 Å². The second-order valence-electron chi connectivity index (χ2n) is 5.23. The fourth-order valence-corrected chi connectivity index (χ4v) is 4.16. The second-order valence-corrected chi connectivity index (χ2v) is 8.01. The second kappa shape index (κ2) is 6.82. The molecule has 0 bridgehead atoms. The van der Waals surface area contributed by atoms with Gasteiger partial charge in [-0.2, -0.15) is 8.42 Å². The molecule has 8 heteroatoms. The summed E-state index contributed by atoms with van der Waals surface area (Å²) in [5.41, 5.74) is 1.21. The Morgan fingerprint density at radius 3 is 2.64 bits per heavy atom. The average molecular weight is 443 g/mol. The third-order valence-electron chi connectivity index (χ3n) is 3.59. The van der Waals surface area contributed by atoms with Gasteiger partial charge in [0.2, 0.25) is 0 Å². The molecule has 0 saturated carbocycles. The van der Waals surface area contributed by atoms with Crippen LogP contribution in [0.2, 0.25) is 5.02 Å². The molecule has 25 heavy (non-hydrogen) atoms. The minimum atomic E-state index is -4.14. The van der Waals surface area contributed by atoms with Crippen LogP contribution in [0.15, 0.2) is 52.0 Å². The number of halogens is 2. The molecule has 0 N–H and O–H groups in total. The summed E-state index contributed by atoms with van der Waals surface area (Å²) in [4.78, 5) is 4.10. The summed E-state index contributed by atoms with van der Waals surface area (Å²) in [6, 6.07) is 9.58. The molecule has 130 valence electrons. The van der Waals surface area contributed by atoms with E-state index in [2.05, 4.69) is 20.9 Å². The van der Waals surface area contributed by atoms with Gasteiger partial charge in [0.05, 0.1) is 12.1 Å². The number of rotatable bonds is 4. The molecule has 0 radical (unpaired) electrons. The third-order valence-corrected chi connectivity index (χ3v) is 6.03. The zero-order chi connectivity index (χ0) is 18.2. The molecular weight excluding hydrogens is 430 g/mol. The lowest BCUT2D eigenvalue weighted by molar-refractivity contribution is 0.398. The molecule has 0 aliphatic heterocycles. The first kappa shape index (κ1) is 18.0. The highest BCUT2D eigenvalue weighted by molar-refractivity contribution is 9.10. The Morgan fingerprint density at radius 2 is 1.92 bits per heavy atom. The lowest BCUT2D eigenvalue weighted by atomic mass is 10.2. The number of aryl methyl sites for hydroxylation is 1. The van der Waals surface area contributed by atoms with Crippen LogP contribution in [0.1, 0.15) is 5.56 Å². The summed E-state index contributed by atoms with van der Waals surface area (Å²) in [6.45, 7) is 1.83. The van der Waals surface area contributed by atoms with Gasteiger partial charge in [0, 0.05) is 16.1 Å². The topological polar surface area (TPSA) is 65.5 Å². The molecule has 0 unspecified atom stereocenters. The summed E-state index contributed by atoms with van der Waals surface area (Å²) in [7, 11) is -2.73. The molecule has 3 aromatic rings. The Kier molecular flexibility index (Phi) is 4.90. The minimum Gasteiger partial charge on any atom is -0.495 e. The fraction of sp³-hybridized carbons (Fsp3) is 0.118. The molecule has 0 aliphatic rings. The van der Waals surface area contributed by atoms with Crippen molar-refractivity contribution in [2.45, 2.75) is 11.8 Å². The van der Waals surface area contributed by atoms with Gasteiger partial charge in [0.25, 0.3) is 0 Å². The highest BCUT2D eigenvalue weighted by Crippen LogP contribution is 2.35. The van der Waals surface area contributed by atoms with E-state index >= 15 is 0 Å². The summed E-state index contributed by atoms with van der Waals surface area (Å²) in [6.07, 6.45) is 1.54. The van der Waals surface area contributed by atoms with Crippen LogP contribution in [0.3, 0.4) is 0 Å². The first-order valence-corrected chi connectivity index (χ1v) is 9.73. The van der Waals surface area contributed by atoms with Crippen molar-refractivity contribution in [1.82, 2.24) is 4.98 Å². The van der Waals surface area contributed by atoms with Crippen molar-refractivity contribution in [1.29, 1.82) is 0 Å². The van der Waals surface area contributed by atoms with Crippen LogP contribution < -0.4 is 8.92 Å². The van der Waals surface area contributed by atoms with Gasteiger partial charge in [0.15, 0.2) is 5.75 Å². The van der Waals surface area contributed by atoms with Gasteiger partial charge >= 0.3 is 10.1 Å². The Morgan fingerprint density at radius 1 is 1.16 bits per heavy atom. The summed E-state index contributed by atoms with van der Waals surface area (Å²) < 4.78 is 36.8. The van der Waals surface area contributed by atoms with E-state index in [1.807, 2.05) is 6.92 Å². The predicted molar refractivity (Wildman–Crippen MR) is 100.0 cm³/mol. The monoisotopic (exact) mass is 441 g/mol. The van der Waals surface area contributed by atoms with Crippen molar-refractivity contribution in [3.63, 3.8) is 0 Å². The van der Waals surface area contributed by atoms with E-state index in [-0.39, 0.29) is 16.4 Å². The maximum Gasteiger partial charge on any atom is 0.343 e. The quantitative estimate of drug-likeness (QED) is 0.546. The van der Waals surface area contributed by atoms with Crippen LogP contribution in [0.5, 0.6) is 11.5 Å².